The van der Waals surface area contributed by atoms with Crippen LogP contribution in [0.25, 0.3) is 0 Å². The normalized spacial score (nSPS) is 12.2. The standard InChI is InChI=1S/C11H16N2O4/c1-8(6-14)7-17-11-3-2-9(5-12)4-10(11)13(15)16/h2-4,8,14H,5-7,12H2,1H3. The molecule has 6 nitrogen and oxygen atoms in total. The molecule has 0 fully saturated rings. The molecule has 17 heavy (non-hydrogen) atoms. The minimum absolute atomic E-state index is 0.0192. The Morgan fingerprint density at radius 3 is 2.82 bits per heavy atom. The maximum absolute atomic E-state index is 10.8. The molecule has 0 heterocycles. The summed E-state index contributed by atoms with van der Waals surface area (Å²) in [6.07, 6.45) is 0. The van der Waals surface area contributed by atoms with Crippen LogP contribution < -0.4 is 10.5 Å². The Bertz CT molecular complexity index is 395. The lowest BCUT2D eigenvalue weighted by atomic mass is 10.2. The van der Waals surface area contributed by atoms with Gasteiger partial charge in [-0.05, 0) is 11.6 Å². The quantitative estimate of drug-likeness (QED) is 0.572. The van der Waals surface area contributed by atoms with Gasteiger partial charge in [0.1, 0.15) is 0 Å². The fourth-order valence-electron chi connectivity index (χ4n) is 1.24. The van der Waals surface area contributed by atoms with E-state index >= 15 is 0 Å². The average molecular weight is 240 g/mol. The molecular formula is C11H16N2O4. The Balaban J connectivity index is 2.87. The summed E-state index contributed by atoms with van der Waals surface area (Å²) in [6.45, 7) is 2.25. The van der Waals surface area contributed by atoms with Gasteiger partial charge in [0.15, 0.2) is 5.75 Å². The maximum Gasteiger partial charge on any atom is 0.311 e. The Labute approximate surface area is 99.2 Å². The van der Waals surface area contributed by atoms with Gasteiger partial charge in [-0.25, -0.2) is 0 Å². The van der Waals surface area contributed by atoms with Gasteiger partial charge in [-0.3, -0.25) is 10.1 Å². The van der Waals surface area contributed by atoms with Crippen molar-refractivity contribution in [2.45, 2.75) is 13.5 Å². The van der Waals surface area contributed by atoms with Gasteiger partial charge in [0.25, 0.3) is 0 Å². The Morgan fingerprint density at radius 1 is 1.59 bits per heavy atom. The zero-order chi connectivity index (χ0) is 12.8. The topological polar surface area (TPSA) is 98.6 Å². The molecule has 0 bridgehead atoms. The van der Waals surface area contributed by atoms with Crippen LogP contribution in [0.5, 0.6) is 5.75 Å². The maximum atomic E-state index is 10.8. The van der Waals surface area contributed by atoms with Crippen LogP contribution in [-0.4, -0.2) is 23.2 Å². The third-order valence-corrected chi connectivity index (χ3v) is 2.29. The molecule has 0 saturated carbocycles. The molecule has 1 aromatic rings. The number of ether oxygens (including phenoxy) is 1. The lowest BCUT2D eigenvalue weighted by molar-refractivity contribution is -0.386. The number of nitrogens with two attached hydrogens (primary N) is 1. The summed E-state index contributed by atoms with van der Waals surface area (Å²) >= 11 is 0. The summed E-state index contributed by atoms with van der Waals surface area (Å²) in [5.41, 5.74) is 6.00. The number of rotatable bonds is 6. The second-order valence-corrected chi connectivity index (χ2v) is 3.86. The molecule has 1 atom stereocenters. The Kier molecular flexibility index (Phi) is 4.86. The van der Waals surface area contributed by atoms with Gasteiger partial charge in [-0.2, -0.15) is 0 Å². The largest absolute Gasteiger partial charge is 0.486 e. The van der Waals surface area contributed by atoms with E-state index < -0.39 is 4.92 Å². The average Bonchev–Trinajstić information content (AvgIpc) is 2.35. The number of benzene rings is 1. The summed E-state index contributed by atoms with van der Waals surface area (Å²) in [5, 5.41) is 19.7. The van der Waals surface area contributed by atoms with Crippen molar-refractivity contribution >= 4 is 5.69 Å². The van der Waals surface area contributed by atoms with E-state index in [9.17, 15) is 10.1 Å². The van der Waals surface area contributed by atoms with Crippen LogP contribution in [-0.2, 0) is 6.54 Å². The van der Waals surface area contributed by atoms with Gasteiger partial charge >= 0.3 is 5.69 Å². The molecule has 1 rings (SSSR count). The van der Waals surface area contributed by atoms with Gasteiger partial charge in [-0.1, -0.05) is 13.0 Å². The molecular weight excluding hydrogens is 224 g/mol. The molecule has 0 aliphatic heterocycles. The molecule has 1 aromatic carbocycles. The highest BCUT2D eigenvalue weighted by atomic mass is 16.6. The fraction of sp³-hybridized carbons (Fsp3) is 0.455. The highest BCUT2D eigenvalue weighted by Crippen LogP contribution is 2.28. The van der Waals surface area contributed by atoms with Gasteiger partial charge in [0.05, 0.1) is 11.5 Å². The van der Waals surface area contributed by atoms with Crippen molar-refractivity contribution in [2.24, 2.45) is 11.7 Å². The molecule has 94 valence electrons. The summed E-state index contributed by atoms with van der Waals surface area (Å²) < 4.78 is 5.31. The fourth-order valence-corrected chi connectivity index (χ4v) is 1.24. The first-order valence-corrected chi connectivity index (χ1v) is 5.29. The highest BCUT2D eigenvalue weighted by molar-refractivity contribution is 5.48. The first-order chi connectivity index (χ1) is 8.08. The van der Waals surface area contributed by atoms with Crippen LogP contribution >= 0.6 is 0 Å². The van der Waals surface area contributed by atoms with Crippen molar-refractivity contribution in [3.05, 3.63) is 33.9 Å². The Hall–Kier alpha value is -1.66. The first-order valence-electron chi connectivity index (χ1n) is 5.29. The third-order valence-electron chi connectivity index (χ3n) is 2.29. The van der Waals surface area contributed by atoms with Crippen molar-refractivity contribution in [1.82, 2.24) is 0 Å². The van der Waals surface area contributed by atoms with Gasteiger partial charge in [-0.15, -0.1) is 0 Å². The van der Waals surface area contributed by atoms with Crippen LogP contribution in [0.1, 0.15) is 12.5 Å². The second-order valence-electron chi connectivity index (χ2n) is 3.86. The molecule has 0 radical (unpaired) electrons. The van der Waals surface area contributed by atoms with Gasteiger partial charge in [0, 0.05) is 25.1 Å². The number of nitro groups is 1. The zero-order valence-corrected chi connectivity index (χ0v) is 9.63. The molecule has 0 aromatic heterocycles. The molecule has 0 spiro atoms. The molecule has 6 heteroatoms. The van der Waals surface area contributed by atoms with E-state index in [1.807, 2.05) is 0 Å². The predicted octanol–water partition coefficient (Wildman–Crippen LogP) is 1.06. The van der Waals surface area contributed by atoms with Crippen LogP contribution in [0, 0.1) is 16.0 Å². The number of nitro benzene ring substituents is 1. The number of nitrogens with zero attached hydrogens (tertiary/aromatic N) is 1. The monoisotopic (exact) mass is 240 g/mol. The van der Waals surface area contributed by atoms with Crippen molar-refractivity contribution < 1.29 is 14.8 Å². The first kappa shape index (κ1) is 13.4. The number of hydrogen-bond donors (Lipinski definition) is 2. The second kappa shape index (κ2) is 6.17. The van der Waals surface area contributed by atoms with Gasteiger partial charge < -0.3 is 15.6 Å². The van der Waals surface area contributed by atoms with E-state index in [-0.39, 0.29) is 37.1 Å². The van der Waals surface area contributed by atoms with Crippen molar-refractivity contribution in [3.8, 4) is 5.75 Å². The SMILES string of the molecule is CC(CO)COc1ccc(CN)cc1[N+](=O)[O-]. The van der Waals surface area contributed by atoms with Crippen molar-refractivity contribution in [2.75, 3.05) is 13.2 Å². The summed E-state index contributed by atoms with van der Waals surface area (Å²) in [6, 6.07) is 4.62. The predicted molar refractivity (Wildman–Crippen MR) is 62.7 cm³/mol. The lowest BCUT2D eigenvalue weighted by Crippen LogP contribution is -2.13. The van der Waals surface area contributed by atoms with E-state index in [2.05, 4.69) is 0 Å². The lowest BCUT2D eigenvalue weighted by Gasteiger charge is -2.11. The molecule has 3 N–H and O–H groups in total. The number of aliphatic hydroxyl groups is 1. The van der Waals surface area contributed by atoms with Crippen molar-refractivity contribution in [1.29, 1.82) is 0 Å². The van der Waals surface area contributed by atoms with Gasteiger partial charge in [0.2, 0.25) is 0 Å². The van der Waals surface area contributed by atoms with E-state index in [1.165, 1.54) is 12.1 Å². The van der Waals surface area contributed by atoms with E-state index in [1.54, 1.807) is 13.0 Å². The minimum atomic E-state index is -0.502. The Morgan fingerprint density at radius 2 is 2.29 bits per heavy atom. The van der Waals surface area contributed by atoms with Crippen molar-refractivity contribution in [3.63, 3.8) is 0 Å². The van der Waals surface area contributed by atoms with Crippen LogP contribution in [0.4, 0.5) is 5.69 Å². The van der Waals surface area contributed by atoms with E-state index in [0.717, 1.165) is 0 Å². The zero-order valence-electron chi connectivity index (χ0n) is 9.63. The van der Waals surface area contributed by atoms with Crippen LogP contribution in [0.3, 0.4) is 0 Å². The number of aliphatic hydroxyl groups excluding tert-OH is 1. The number of hydrogen-bond acceptors (Lipinski definition) is 5. The highest BCUT2D eigenvalue weighted by Gasteiger charge is 2.16. The van der Waals surface area contributed by atoms with E-state index in [0.29, 0.717) is 5.56 Å². The molecule has 0 amide bonds. The molecule has 0 aliphatic rings. The minimum Gasteiger partial charge on any atom is -0.486 e. The molecule has 0 aliphatic carbocycles. The summed E-state index contributed by atoms with van der Waals surface area (Å²) in [7, 11) is 0. The van der Waals surface area contributed by atoms with E-state index in [4.69, 9.17) is 15.6 Å². The van der Waals surface area contributed by atoms with Crippen LogP contribution in [0.15, 0.2) is 18.2 Å². The summed E-state index contributed by atoms with van der Waals surface area (Å²) in [4.78, 5) is 10.3. The third kappa shape index (κ3) is 3.69. The van der Waals surface area contributed by atoms with Crippen LogP contribution in [0.2, 0.25) is 0 Å². The summed E-state index contributed by atoms with van der Waals surface area (Å²) in [5.74, 6) is 0.135. The molecule has 0 saturated heterocycles. The smallest absolute Gasteiger partial charge is 0.311 e. The molecule has 1 unspecified atom stereocenters.